The lowest BCUT2D eigenvalue weighted by Gasteiger charge is -2.50. The topological polar surface area (TPSA) is 64.8 Å². The maximum atomic E-state index is 12.4. The second kappa shape index (κ2) is 5.32. The molecule has 1 heterocycles. The van der Waals surface area contributed by atoms with Crippen LogP contribution in [0, 0.1) is 5.92 Å². The maximum absolute atomic E-state index is 12.4. The van der Waals surface area contributed by atoms with E-state index in [2.05, 4.69) is 13.8 Å². The van der Waals surface area contributed by atoms with Gasteiger partial charge in [0.25, 0.3) is 5.91 Å². The van der Waals surface area contributed by atoms with Gasteiger partial charge >= 0.3 is 0 Å². The molecular weight excluding hydrogens is 256 g/mol. The quantitative estimate of drug-likeness (QED) is 0.906. The summed E-state index contributed by atoms with van der Waals surface area (Å²) in [6, 6.07) is 5.19. The predicted molar refractivity (Wildman–Crippen MR) is 77.2 cm³/mol. The molecule has 0 unspecified atom stereocenters. The largest absolute Gasteiger partial charge is 0.493 e. The van der Waals surface area contributed by atoms with Crippen LogP contribution in [0.15, 0.2) is 18.2 Å². The van der Waals surface area contributed by atoms with Crippen molar-refractivity contribution >= 4 is 5.91 Å². The van der Waals surface area contributed by atoms with Crippen molar-refractivity contribution in [2.45, 2.75) is 19.4 Å². The van der Waals surface area contributed by atoms with E-state index >= 15 is 0 Å². The van der Waals surface area contributed by atoms with E-state index in [1.807, 2.05) is 0 Å². The number of likely N-dealkylation sites (tertiary alicyclic amines) is 1. The van der Waals surface area contributed by atoms with E-state index in [9.17, 15) is 4.79 Å². The van der Waals surface area contributed by atoms with Crippen LogP contribution in [0.2, 0.25) is 0 Å². The molecule has 0 bridgehead atoms. The summed E-state index contributed by atoms with van der Waals surface area (Å²) >= 11 is 0. The summed E-state index contributed by atoms with van der Waals surface area (Å²) in [5.74, 6) is 1.51. The summed E-state index contributed by atoms with van der Waals surface area (Å²) < 4.78 is 10.4. The maximum Gasteiger partial charge on any atom is 0.254 e. The zero-order chi connectivity index (χ0) is 14.9. The summed E-state index contributed by atoms with van der Waals surface area (Å²) in [6.45, 7) is 5.35. The van der Waals surface area contributed by atoms with Gasteiger partial charge in [0.1, 0.15) is 0 Å². The number of benzene rings is 1. The molecule has 1 saturated heterocycles. The molecule has 1 fully saturated rings. The minimum Gasteiger partial charge on any atom is -0.493 e. The Morgan fingerprint density at radius 3 is 2.35 bits per heavy atom. The highest BCUT2D eigenvalue weighted by molar-refractivity contribution is 5.95. The lowest BCUT2D eigenvalue weighted by Crippen LogP contribution is -2.71. The summed E-state index contributed by atoms with van der Waals surface area (Å²) in [5, 5.41) is 0. The number of methoxy groups -OCH3 is 2. The predicted octanol–water partition coefficient (Wildman–Crippen LogP) is 1.51. The molecule has 0 atom stereocenters. The molecule has 5 nitrogen and oxygen atoms in total. The molecule has 0 radical (unpaired) electrons. The summed E-state index contributed by atoms with van der Waals surface area (Å²) in [7, 11) is 3.12. The number of hydrogen-bond acceptors (Lipinski definition) is 4. The molecule has 0 aliphatic carbocycles. The van der Waals surface area contributed by atoms with E-state index in [-0.39, 0.29) is 11.4 Å². The van der Waals surface area contributed by atoms with Gasteiger partial charge in [-0.1, -0.05) is 13.8 Å². The van der Waals surface area contributed by atoms with Crippen molar-refractivity contribution in [2.24, 2.45) is 11.7 Å². The van der Waals surface area contributed by atoms with Gasteiger partial charge in [0.15, 0.2) is 11.5 Å². The minimum atomic E-state index is -0.258. The number of nitrogens with two attached hydrogens (primary N) is 1. The van der Waals surface area contributed by atoms with Crippen LogP contribution in [0.1, 0.15) is 24.2 Å². The van der Waals surface area contributed by atoms with E-state index in [4.69, 9.17) is 15.2 Å². The van der Waals surface area contributed by atoms with Gasteiger partial charge in [-0.2, -0.15) is 0 Å². The highest BCUT2D eigenvalue weighted by Crippen LogP contribution is 2.31. The zero-order valence-corrected chi connectivity index (χ0v) is 12.5. The standard InChI is InChI=1S/C15H22N2O3/c1-10(2)15(16)8-17(9-15)14(18)11-5-6-12(19-3)13(7-11)20-4/h5-7,10H,8-9,16H2,1-4H3. The molecule has 1 aromatic carbocycles. The zero-order valence-electron chi connectivity index (χ0n) is 12.5. The van der Waals surface area contributed by atoms with E-state index in [1.54, 1.807) is 37.3 Å². The Morgan fingerprint density at radius 1 is 1.25 bits per heavy atom. The number of hydrogen-bond donors (Lipinski definition) is 1. The average Bonchev–Trinajstić information content (AvgIpc) is 2.42. The molecule has 20 heavy (non-hydrogen) atoms. The van der Waals surface area contributed by atoms with Gasteiger partial charge in [-0.25, -0.2) is 0 Å². The molecule has 110 valence electrons. The number of rotatable bonds is 4. The van der Waals surface area contributed by atoms with Gasteiger partial charge in [-0.3, -0.25) is 4.79 Å². The Bertz CT molecular complexity index is 508. The van der Waals surface area contributed by atoms with Crippen molar-refractivity contribution in [3.63, 3.8) is 0 Å². The lowest BCUT2D eigenvalue weighted by atomic mass is 9.80. The van der Waals surface area contributed by atoms with Gasteiger partial charge in [-0.15, -0.1) is 0 Å². The first-order valence-corrected chi connectivity index (χ1v) is 6.71. The van der Waals surface area contributed by atoms with Gasteiger partial charge in [0.05, 0.1) is 19.8 Å². The molecule has 1 amide bonds. The van der Waals surface area contributed by atoms with Crippen LogP contribution in [0.25, 0.3) is 0 Å². The van der Waals surface area contributed by atoms with Crippen molar-refractivity contribution in [3.05, 3.63) is 23.8 Å². The van der Waals surface area contributed by atoms with Gasteiger partial charge in [0, 0.05) is 18.7 Å². The van der Waals surface area contributed by atoms with Crippen LogP contribution >= 0.6 is 0 Å². The Labute approximate surface area is 119 Å². The van der Waals surface area contributed by atoms with Crippen LogP contribution in [0.5, 0.6) is 11.5 Å². The third kappa shape index (κ3) is 2.45. The number of carbonyl (C=O) groups excluding carboxylic acids is 1. The highest BCUT2D eigenvalue weighted by Gasteiger charge is 2.44. The highest BCUT2D eigenvalue weighted by atomic mass is 16.5. The second-order valence-electron chi connectivity index (χ2n) is 5.62. The fourth-order valence-corrected chi connectivity index (χ4v) is 2.32. The van der Waals surface area contributed by atoms with E-state index < -0.39 is 0 Å². The fraction of sp³-hybridized carbons (Fsp3) is 0.533. The molecule has 2 N–H and O–H groups in total. The summed E-state index contributed by atoms with van der Waals surface area (Å²) in [4.78, 5) is 14.1. The Balaban J connectivity index is 2.12. The van der Waals surface area contributed by atoms with Gasteiger partial charge < -0.3 is 20.1 Å². The SMILES string of the molecule is COc1ccc(C(=O)N2CC(N)(C(C)C)C2)cc1OC. The third-order valence-electron chi connectivity index (χ3n) is 4.04. The molecule has 1 aliphatic rings. The average molecular weight is 278 g/mol. The number of amides is 1. The molecule has 0 saturated carbocycles. The fourth-order valence-electron chi connectivity index (χ4n) is 2.32. The van der Waals surface area contributed by atoms with Crippen molar-refractivity contribution in [3.8, 4) is 11.5 Å². The van der Waals surface area contributed by atoms with E-state index in [0.717, 1.165) is 0 Å². The Morgan fingerprint density at radius 2 is 1.85 bits per heavy atom. The normalized spacial score (nSPS) is 16.8. The lowest BCUT2D eigenvalue weighted by molar-refractivity contribution is 0.0274. The smallest absolute Gasteiger partial charge is 0.254 e. The van der Waals surface area contributed by atoms with Crippen molar-refractivity contribution in [1.82, 2.24) is 4.90 Å². The second-order valence-corrected chi connectivity index (χ2v) is 5.62. The molecule has 2 rings (SSSR count). The monoisotopic (exact) mass is 278 g/mol. The van der Waals surface area contributed by atoms with E-state index in [0.29, 0.717) is 36.1 Å². The minimum absolute atomic E-state index is 0.0207. The van der Waals surface area contributed by atoms with Crippen LogP contribution in [-0.2, 0) is 0 Å². The van der Waals surface area contributed by atoms with Crippen LogP contribution in [-0.4, -0.2) is 43.7 Å². The molecular formula is C15H22N2O3. The number of nitrogens with zero attached hydrogens (tertiary/aromatic N) is 1. The van der Waals surface area contributed by atoms with Crippen LogP contribution < -0.4 is 15.2 Å². The van der Waals surface area contributed by atoms with Gasteiger partial charge in [-0.05, 0) is 24.1 Å². The first kappa shape index (κ1) is 14.7. The van der Waals surface area contributed by atoms with E-state index in [1.165, 1.54) is 0 Å². The number of ether oxygens (including phenoxy) is 2. The first-order valence-electron chi connectivity index (χ1n) is 6.71. The Kier molecular flexibility index (Phi) is 3.90. The van der Waals surface area contributed by atoms with Crippen LogP contribution in [0.4, 0.5) is 0 Å². The molecule has 0 spiro atoms. The van der Waals surface area contributed by atoms with Gasteiger partial charge in [0.2, 0.25) is 0 Å². The molecule has 1 aliphatic heterocycles. The molecule has 5 heteroatoms. The summed E-state index contributed by atoms with van der Waals surface area (Å²) in [5.41, 5.74) is 6.55. The molecule has 1 aromatic rings. The van der Waals surface area contributed by atoms with Crippen LogP contribution in [0.3, 0.4) is 0 Å². The number of carbonyl (C=O) groups is 1. The first-order chi connectivity index (χ1) is 9.41. The van der Waals surface area contributed by atoms with Crippen molar-refractivity contribution in [1.29, 1.82) is 0 Å². The molecule has 0 aromatic heterocycles. The van der Waals surface area contributed by atoms with Crippen molar-refractivity contribution in [2.75, 3.05) is 27.3 Å². The Hall–Kier alpha value is -1.75. The summed E-state index contributed by atoms with van der Waals surface area (Å²) in [6.07, 6.45) is 0. The van der Waals surface area contributed by atoms with Crippen molar-refractivity contribution < 1.29 is 14.3 Å². The third-order valence-corrected chi connectivity index (χ3v) is 4.04.